The summed E-state index contributed by atoms with van der Waals surface area (Å²) in [7, 11) is 0. The number of carbonyl (C=O) groups is 1. The summed E-state index contributed by atoms with van der Waals surface area (Å²) in [6, 6.07) is 12.1. The lowest BCUT2D eigenvalue weighted by Gasteiger charge is -2.11. The van der Waals surface area contributed by atoms with Gasteiger partial charge in [-0.3, -0.25) is 10.1 Å². The number of thiazole rings is 1. The summed E-state index contributed by atoms with van der Waals surface area (Å²) in [5.41, 5.74) is 0.0696. The third-order valence-electron chi connectivity index (χ3n) is 3.34. The van der Waals surface area contributed by atoms with Gasteiger partial charge in [0, 0.05) is 15.4 Å². The smallest absolute Gasteiger partial charge is 0.298 e. The van der Waals surface area contributed by atoms with E-state index in [1.54, 1.807) is 5.38 Å². The Kier molecular flexibility index (Phi) is 4.91. The third-order valence-corrected chi connectivity index (χ3v) is 4.63. The summed E-state index contributed by atoms with van der Waals surface area (Å²) < 4.78 is 39.9. The molecule has 0 unspecified atom stereocenters. The molecule has 0 bridgehead atoms. The fourth-order valence-electron chi connectivity index (χ4n) is 2.18. The number of hydrogen-bond acceptors (Lipinski definition) is 3. The molecule has 3 rings (SSSR count). The molecule has 128 valence electrons. The van der Waals surface area contributed by atoms with Crippen LogP contribution in [0.5, 0.6) is 0 Å². The summed E-state index contributed by atoms with van der Waals surface area (Å²) >= 11 is 4.49. The Morgan fingerprint density at radius 1 is 1.08 bits per heavy atom. The first-order valence-corrected chi connectivity index (χ1v) is 8.71. The second kappa shape index (κ2) is 6.97. The van der Waals surface area contributed by atoms with Gasteiger partial charge < -0.3 is 0 Å². The van der Waals surface area contributed by atoms with Crippen LogP contribution in [0.25, 0.3) is 11.3 Å². The van der Waals surface area contributed by atoms with Crippen LogP contribution in [0.3, 0.4) is 0 Å². The number of halogens is 4. The fourth-order valence-corrected chi connectivity index (χ4v) is 3.16. The molecule has 0 aliphatic rings. The highest BCUT2D eigenvalue weighted by atomic mass is 79.9. The van der Waals surface area contributed by atoms with Crippen molar-refractivity contribution >= 4 is 38.3 Å². The second-order valence-corrected chi connectivity index (χ2v) is 6.82. The van der Waals surface area contributed by atoms with Crippen LogP contribution in [0.2, 0.25) is 0 Å². The van der Waals surface area contributed by atoms with Crippen LogP contribution in [-0.2, 0) is 6.18 Å². The molecule has 1 aromatic heterocycles. The molecule has 0 spiro atoms. The van der Waals surface area contributed by atoms with Crippen LogP contribution in [-0.4, -0.2) is 10.9 Å². The first-order chi connectivity index (χ1) is 11.8. The first kappa shape index (κ1) is 17.6. The molecule has 0 aliphatic heterocycles. The molecule has 3 aromatic rings. The van der Waals surface area contributed by atoms with E-state index in [1.807, 2.05) is 24.3 Å². The molecular formula is C17H10BrF3N2OS. The van der Waals surface area contributed by atoms with Crippen LogP contribution >= 0.6 is 27.3 Å². The number of hydrogen-bond donors (Lipinski definition) is 1. The van der Waals surface area contributed by atoms with Gasteiger partial charge in [-0.25, -0.2) is 4.98 Å². The average molecular weight is 427 g/mol. The summed E-state index contributed by atoms with van der Waals surface area (Å²) in [4.78, 5) is 16.5. The van der Waals surface area contributed by atoms with Gasteiger partial charge in [-0.05, 0) is 24.3 Å². The number of nitrogens with zero attached hydrogens (tertiary/aromatic N) is 1. The molecular weight excluding hydrogens is 417 g/mol. The van der Waals surface area contributed by atoms with Gasteiger partial charge in [-0.15, -0.1) is 11.3 Å². The molecule has 2 aromatic carbocycles. The third kappa shape index (κ3) is 4.08. The van der Waals surface area contributed by atoms with Crippen LogP contribution in [0.15, 0.2) is 58.4 Å². The number of rotatable bonds is 3. The first-order valence-electron chi connectivity index (χ1n) is 7.03. The lowest BCUT2D eigenvalue weighted by Crippen LogP contribution is -2.18. The Morgan fingerprint density at radius 3 is 2.44 bits per heavy atom. The van der Waals surface area contributed by atoms with Crippen molar-refractivity contribution < 1.29 is 18.0 Å². The topological polar surface area (TPSA) is 42.0 Å². The number of amides is 1. The number of anilines is 1. The molecule has 1 amide bonds. The Labute approximate surface area is 153 Å². The predicted molar refractivity (Wildman–Crippen MR) is 94.6 cm³/mol. The van der Waals surface area contributed by atoms with Gasteiger partial charge in [0.2, 0.25) is 0 Å². The molecule has 1 heterocycles. The Bertz CT molecular complexity index is 907. The minimum Gasteiger partial charge on any atom is -0.298 e. The monoisotopic (exact) mass is 426 g/mol. The summed E-state index contributed by atoms with van der Waals surface area (Å²) in [5, 5.41) is 4.40. The molecule has 0 saturated heterocycles. The highest BCUT2D eigenvalue weighted by Crippen LogP contribution is 2.32. The van der Waals surface area contributed by atoms with Crippen LogP contribution < -0.4 is 5.32 Å². The number of aromatic nitrogens is 1. The van der Waals surface area contributed by atoms with Gasteiger partial charge in [0.15, 0.2) is 5.13 Å². The van der Waals surface area contributed by atoms with Gasteiger partial charge in [0.05, 0.1) is 16.8 Å². The van der Waals surface area contributed by atoms with E-state index in [9.17, 15) is 18.0 Å². The standard InChI is InChI=1S/C17H10BrF3N2OS/c18-11-7-5-10(6-8-11)14-9-25-16(22-14)23-15(24)12-3-1-2-4-13(12)17(19,20)21/h1-9H,(H,22,23,24). The van der Waals surface area contributed by atoms with Crippen molar-refractivity contribution in [2.45, 2.75) is 6.18 Å². The maximum absolute atomic E-state index is 13.0. The van der Waals surface area contributed by atoms with Crippen LogP contribution in [0.1, 0.15) is 15.9 Å². The number of alkyl halides is 3. The zero-order valence-corrected chi connectivity index (χ0v) is 14.9. The van der Waals surface area contributed by atoms with Gasteiger partial charge >= 0.3 is 6.18 Å². The number of nitrogens with one attached hydrogen (secondary N) is 1. The van der Waals surface area contributed by atoms with E-state index in [0.29, 0.717) is 5.69 Å². The SMILES string of the molecule is O=C(Nc1nc(-c2ccc(Br)cc2)cs1)c1ccccc1C(F)(F)F. The van der Waals surface area contributed by atoms with E-state index in [1.165, 1.54) is 12.1 Å². The van der Waals surface area contributed by atoms with Crippen molar-refractivity contribution in [3.63, 3.8) is 0 Å². The van der Waals surface area contributed by atoms with Crippen molar-refractivity contribution in [3.8, 4) is 11.3 Å². The van der Waals surface area contributed by atoms with E-state index in [4.69, 9.17) is 0 Å². The molecule has 3 nitrogen and oxygen atoms in total. The Hall–Kier alpha value is -2.19. The molecule has 0 saturated carbocycles. The van der Waals surface area contributed by atoms with Crippen molar-refractivity contribution in [1.29, 1.82) is 0 Å². The average Bonchev–Trinajstić information content (AvgIpc) is 3.03. The maximum Gasteiger partial charge on any atom is 0.417 e. The van der Waals surface area contributed by atoms with E-state index in [-0.39, 0.29) is 5.13 Å². The Balaban J connectivity index is 1.82. The highest BCUT2D eigenvalue weighted by Gasteiger charge is 2.34. The second-order valence-electron chi connectivity index (χ2n) is 5.04. The van der Waals surface area contributed by atoms with Crippen molar-refractivity contribution in [3.05, 3.63) is 69.5 Å². The molecule has 8 heteroatoms. The van der Waals surface area contributed by atoms with E-state index in [2.05, 4.69) is 26.2 Å². The van der Waals surface area contributed by atoms with Crippen molar-refractivity contribution in [1.82, 2.24) is 4.98 Å². The van der Waals surface area contributed by atoms with Crippen molar-refractivity contribution in [2.24, 2.45) is 0 Å². The lowest BCUT2D eigenvalue weighted by atomic mass is 10.1. The summed E-state index contributed by atoms with van der Waals surface area (Å²) in [5.74, 6) is -0.843. The van der Waals surface area contributed by atoms with E-state index in [0.717, 1.165) is 33.5 Å². The molecule has 0 atom stereocenters. The van der Waals surface area contributed by atoms with Crippen LogP contribution in [0.4, 0.5) is 18.3 Å². The quantitative estimate of drug-likeness (QED) is 0.571. The van der Waals surface area contributed by atoms with Gasteiger partial charge in [-0.2, -0.15) is 13.2 Å². The zero-order chi connectivity index (χ0) is 18.0. The van der Waals surface area contributed by atoms with Gasteiger partial charge in [-0.1, -0.05) is 40.2 Å². The molecule has 25 heavy (non-hydrogen) atoms. The van der Waals surface area contributed by atoms with Crippen molar-refractivity contribution in [2.75, 3.05) is 5.32 Å². The normalized spacial score (nSPS) is 11.4. The molecule has 1 N–H and O–H groups in total. The summed E-state index contributed by atoms with van der Waals surface area (Å²) in [6.07, 6.45) is -4.60. The molecule has 0 fully saturated rings. The Morgan fingerprint density at radius 2 is 1.76 bits per heavy atom. The van der Waals surface area contributed by atoms with Gasteiger partial charge in [0.25, 0.3) is 5.91 Å². The fraction of sp³-hybridized carbons (Fsp3) is 0.0588. The summed E-state index contributed by atoms with van der Waals surface area (Å²) in [6.45, 7) is 0. The van der Waals surface area contributed by atoms with E-state index < -0.39 is 23.2 Å². The minimum atomic E-state index is -4.60. The largest absolute Gasteiger partial charge is 0.417 e. The molecule has 0 radical (unpaired) electrons. The highest BCUT2D eigenvalue weighted by molar-refractivity contribution is 9.10. The zero-order valence-electron chi connectivity index (χ0n) is 12.5. The number of carbonyl (C=O) groups excluding carboxylic acids is 1. The predicted octanol–water partition coefficient (Wildman–Crippen LogP) is 5.84. The van der Waals surface area contributed by atoms with Gasteiger partial charge in [0.1, 0.15) is 0 Å². The molecule has 0 aliphatic carbocycles. The van der Waals surface area contributed by atoms with E-state index >= 15 is 0 Å². The lowest BCUT2D eigenvalue weighted by molar-refractivity contribution is -0.137. The van der Waals surface area contributed by atoms with Crippen LogP contribution in [0, 0.1) is 0 Å². The number of benzene rings is 2. The minimum absolute atomic E-state index is 0.236. The maximum atomic E-state index is 13.0.